The molecule has 0 saturated heterocycles. The Morgan fingerprint density at radius 1 is 1.26 bits per heavy atom. The molecule has 1 aliphatic heterocycles. The van der Waals surface area contributed by atoms with Crippen LogP contribution in [0.4, 0.5) is 0 Å². The summed E-state index contributed by atoms with van der Waals surface area (Å²) in [7, 11) is 0. The number of rotatable bonds is 3. The molecule has 3 rings (SSSR count). The van der Waals surface area contributed by atoms with Crippen LogP contribution in [0.2, 0.25) is 0 Å². The number of hydrogen-bond acceptors (Lipinski definition) is 2. The van der Waals surface area contributed by atoms with Gasteiger partial charge in [-0.25, -0.2) is 4.79 Å². The molecule has 1 N–H and O–H groups in total. The summed E-state index contributed by atoms with van der Waals surface area (Å²) in [5.41, 5.74) is 1.82. The molecular weight excluding hydrogens is 242 g/mol. The molecule has 0 aromatic heterocycles. The summed E-state index contributed by atoms with van der Waals surface area (Å²) in [6.07, 6.45) is 3.46. The third-order valence-corrected chi connectivity index (χ3v) is 4.00. The molecule has 1 saturated carbocycles. The maximum absolute atomic E-state index is 12.2. The van der Waals surface area contributed by atoms with Crippen molar-refractivity contribution in [3.8, 4) is 0 Å². The molecule has 1 amide bonds. The molecule has 0 bridgehead atoms. The molecule has 19 heavy (non-hydrogen) atoms. The topological polar surface area (TPSA) is 57.6 Å². The van der Waals surface area contributed by atoms with Crippen molar-refractivity contribution in [3.05, 3.63) is 35.4 Å². The Morgan fingerprint density at radius 2 is 2.00 bits per heavy atom. The summed E-state index contributed by atoms with van der Waals surface area (Å²) in [4.78, 5) is 25.3. The number of benzene rings is 1. The summed E-state index contributed by atoms with van der Waals surface area (Å²) in [5, 5.41) is 9.46. The van der Waals surface area contributed by atoms with Crippen LogP contribution in [0.5, 0.6) is 0 Å². The molecule has 1 heterocycles. The average Bonchev–Trinajstić information content (AvgIpc) is 3.21. The second-order valence-corrected chi connectivity index (χ2v) is 5.42. The number of nitrogens with zero attached hydrogens (tertiary/aromatic N) is 1. The number of amides is 1. The van der Waals surface area contributed by atoms with Crippen LogP contribution in [0.1, 0.15) is 36.4 Å². The van der Waals surface area contributed by atoms with Crippen LogP contribution in [0.15, 0.2) is 24.3 Å². The number of carbonyl (C=O) groups is 2. The van der Waals surface area contributed by atoms with E-state index in [2.05, 4.69) is 0 Å². The third-order valence-electron chi connectivity index (χ3n) is 4.00. The van der Waals surface area contributed by atoms with Crippen LogP contribution in [0, 0.1) is 5.92 Å². The molecule has 1 aromatic carbocycles. The maximum atomic E-state index is 12.2. The van der Waals surface area contributed by atoms with Gasteiger partial charge in [-0.05, 0) is 36.3 Å². The lowest BCUT2D eigenvalue weighted by molar-refractivity contribution is -0.151. The highest BCUT2D eigenvalue weighted by atomic mass is 16.4. The molecule has 1 unspecified atom stereocenters. The second kappa shape index (κ2) is 4.68. The largest absolute Gasteiger partial charge is 0.479 e. The molecule has 0 radical (unpaired) electrons. The lowest BCUT2D eigenvalue weighted by Gasteiger charge is -2.34. The highest BCUT2D eigenvalue weighted by Gasteiger charge is 2.37. The Morgan fingerprint density at radius 3 is 2.68 bits per heavy atom. The van der Waals surface area contributed by atoms with E-state index in [0.717, 1.165) is 30.4 Å². The van der Waals surface area contributed by atoms with Gasteiger partial charge in [0.25, 0.3) is 0 Å². The normalized spacial score (nSPS) is 21.9. The fourth-order valence-electron chi connectivity index (χ4n) is 2.79. The van der Waals surface area contributed by atoms with E-state index in [1.54, 1.807) is 4.90 Å². The van der Waals surface area contributed by atoms with Gasteiger partial charge in [0.05, 0.1) is 0 Å². The van der Waals surface area contributed by atoms with Crippen LogP contribution < -0.4 is 0 Å². The molecule has 1 aromatic rings. The fourth-order valence-corrected chi connectivity index (χ4v) is 2.79. The van der Waals surface area contributed by atoms with E-state index in [1.807, 2.05) is 24.3 Å². The Balaban J connectivity index is 1.89. The first-order valence-electron chi connectivity index (χ1n) is 6.77. The van der Waals surface area contributed by atoms with Gasteiger partial charge in [0.2, 0.25) is 5.91 Å². The van der Waals surface area contributed by atoms with E-state index in [0.29, 0.717) is 18.9 Å². The summed E-state index contributed by atoms with van der Waals surface area (Å²) in [5.74, 6) is -0.459. The second-order valence-electron chi connectivity index (χ2n) is 5.42. The van der Waals surface area contributed by atoms with Crippen molar-refractivity contribution in [3.63, 3.8) is 0 Å². The number of aliphatic carboxylic acids is 1. The predicted octanol–water partition coefficient (Wildman–Crippen LogP) is 2.00. The van der Waals surface area contributed by atoms with Crippen molar-refractivity contribution in [2.24, 2.45) is 5.92 Å². The Hall–Kier alpha value is -1.84. The Bertz CT molecular complexity index is 522. The average molecular weight is 259 g/mol. The van der Waals surface area contributed by atoms with Crippen molar-refractivity contribution in [1.29, 1.82) is 0 Å². The van der Waals surface area contributed by atoms with Crippen molar-refractivity contribution in [2.75, 3.05) is 6.54 Å². The molecule has 4 nitrogen and oxygen atoms in total. The van der Waals surface area contributed by atoms with Gasteiger partial charge in [-0.1, -0.05) is 24.3 Å². The highest BCUT2D eigenvalue weighted by molar-refractivity contribution is 5.85. The smallest absolute Gasteiger partial charge is 0.331 e. The lowest BCUT2D eigenvalue weighted by atomic mass is 9.92. The molecule has 0 spiro atoms. The molecular formula is C15H17NO3. The first kappa shape index (κ1) is 12.2. The van der Waals surface area contributed by atoms with E-state index < -0.39 is 12.0 Å². The summed E-state index contributed by atoms with van der Waals surface area (Å²) in [6, 6.07) is 6.72. The number of hydrogen-bond donors (Lipinski definition) is 1. The van der Waals surface area contributed by atoms with E-state index in [4.69, 9.17) is 0 Å². The van der Waals surface area contributed by atoms with Gasteiger partial charge in [-0.3, -0.25) is 4.79 Å². The molecule has 1 fully saturated rings. The Labute approximate surface area is 112 Å². The molecule has 1 aliphatic carbocycles. The number of carboxylic acids is 1. The van der Waals surface area contributed by atoms with Gasteiger partial charge >= 0.3 is 5.97 Å². The SMILES string of the molecule is O=C(O)C1c2ccccc2CCN1C(=O)CC1CC1. The quantitative estimate of drug-likeness (QED) is 0.903. The fraction of sp³-hybridized carbons (Fsp3) is 0.467. The van der Waals surface area contributed by atoms with Crippen LogP contribution in [0.3, 0.4) is 0 Å². The minimum absolute atomic E-state index is 0.00981. The van der Waals surface area contributed by atoms with E-state index in [9.17, 15) is 14.7 Å². The zero-order valence-corrected chi connectivity index (χ0v) is 10.7. The van der Waals surface area contributed by atoms with Gasteiger partial charge in [-0.2, -0.15) is 0 Å². The molecule has 2 aliphatic rings. The Kier molecular flexibility index (Phi) is 3.01. The number of carbonyl (C=O) groups excluding carboxylic acids is 1. The minimum Gasteiger partial charge on any atom is -0.479 e. The zero-order chi connectivity index (χ0) is 13.4. The summed E-state index contributed by atoms with van der Waals surface area (Å²) in [6.45, 7) is 0.513. The van der Waals surface area contributed by atoms with Crippen molar-refractivity contribution in [2.45, 2.75) is 31.7 Å². The minimum atomic E-state index is -0.934. The molecule has 100 valence electrons. The van der Waals surface area contributed by atoms with Gasteiger partial charge in [-0.15, -0.1) is 0 Å². The first-order chi connectivity index (χ1) is 9.16. The van der Waals surface area contributed by atoms with Gasteiger partial charge in [0, 0.05) is 13.0 Å². The molecule has 4 heteroatoms. The van der Waals surface area contributed by atoms with Gasteiger partial charge in [0.15, 0.2) is 6.04 Å². The van der Waals surface area contributed by atoms with Crippen molar-refractivity contribution < 1.29 is 14.7 Å². The summed E-state index contributed by atoms with van der Waals surface area (Å²) < 4.78 is 0. The standard InChI is InChI=1S/C15H17NO3/c17-13(9-10-5-6-10)16-8-7-11-3-1-2-4-12(11)14(16)15(18)19/h1-4,10,14H,5-9H2,(H,18,19). The predicted molar refractivity (Wildman–Crippen MR) is 69.6 cm³/mol. The van der Waals surface area contributed by atoms with Crippen molar-refractivity contribution in [1.82, 2.24) is 4.90 Å². The third kappa shape index (κ3) is 2.35. The van der Waals surface area contributed by atoms with E-state index >= 15 is 0 Å². The van der Waals surface area contributed by atoms with E-state index in [1.165, 1.54) is 0 Å². The zero-order valence-electron chi connectivity index (χ0n) is 10.7. The first-order valence-corrected chi connectivity index (χ1v) is 6.77. The van der Waals surface area contributed by atoms with Crippen LogP contribution in [-0.4, -0.2) is 28.4 Å². The van der Waals surface area contributed by atoms with Crippen LogP contribution >= 0.6 is 0 Å². The van der Waals surface area contributed by atoms with Crippen LogP contribution in [-0.2, 0) is 16.0 Å². The van der Waals surface area contributed by atoms with Gasteiger partial charge in [0.1, 0.15) is 0 Å². The summed E-state index contributed by atoms with van der Waals surface area (Å²) >= 11 is 0. The monoisotopic (exact) mass is 259 g/mol. The number of carboxylic acid groups (broad SMARTS) is 1. The maximum Gasteiger partial charge on any atom is 0.331 e. The molecule has 1 atom stereocenters. The number of fused-ring (bicyclic) bond motifs is 1. The lowest BCUT2D eigenvalue weighted by Crippen LogP contribution is -2.43. The van der Waals surface area contributed by atoms with Gasteiger partial charge < -0.3 is 10.0 Å². The highest BCUT2D eigenvalue weighted by Crippen LogP contribution is 2.36. The van der Waals surface area contributed by atoms with Crippen LogP contribution in [0.25, 0.3) is 0 Å². The van der Waals surface area contributed by atoms with E-state index in [-0.39, 0.29) is 5.91 Å². The van der Waals surface area contributed by atoms with Crippen molar-refractivity contribution >= 4 is 11.9 Å².